The Kier molecular flexibility index (Phi) is 10.8. The lowest BCUT2D eigenvalue weighted by atomic mass is 10.0. The van der Waals surface area contributed by atoms with Crippen molar-refractivity contribution in [3.63, 3.8) is 0 Å². The van der Waals surface area contributed by atoms with Gasteiger partial charge in [0.2, 0.25) is 11.8 Å². The fraction of sp³-hybridized carbons (Fsp3) is 0.310. The molecule has 0 aliphatic carbocycles. The van der Waals surface area contributed by atoms with Crippen molar-refractivity contribution in [3.8, 4) is 0 Å². The minimum absolute atomic E-state index is 0.00859. The topological polar surface area (TPSA) is 49.4 Å². The smallest absolute Gasteiger partial charge is 0.243 e. The van der Waals surface area contributed by atoms with Gasteiger partial charge in [-0.3, -0.25) is 9.59 Å². The molecule has 0 aromatic heterocycles. The van der Waals surface area contributed by atoms with Gasteiger partial charge >= 0.3 is 0 Å². The number of nitrogens with one attached hydrogen (secondary N) is 1. The molecule has 36 heavy (non-hydrogen) atoms. The van der Waals surface area contributed by atoms with Gasteiger partial charge in [-0.05, 0) is 42.7 Å². The standard InChI is InChI=1S/C29H32ClFN2O2S/c1-3-21(2)32-29(35)27(17-22-10-5-4-6-11-22)33(18-24-13-7-8-15-26(24)31)28(34)20-36-19-23-12-9-14-25(30)16-23/h4-16,21,27H,3,17-20H2,1-2H3,(H,32,35)/t21-,27-/m0/s1. The summed E-state index contributed by atoms with van der Waals surface area (Å²) in [5.41, 5.74) is 2.32. The zero-order chi connectivity index (χ0) is 25.9. The maximum atomic E-state index is 14.6. The SMILES string of the molecule is CC[C@H](C)NC(=O)[C@H](Cc1ccccc1)N(Cc1ccccc1F)C(=O)CSCc1cccc(Cl)c1. The van der Waals surface area contributed by atoms with Crippen LogP contribution < -0.4 is 5.32 Å². The molecule has 0 unspecified atom stereocenters. The number of carbonyl (C=O) groups is 2. The summed E-state index contributed by atoms with van der Waals surface area (Å²) in [6, 6.07) is 22.7. The molecule has 4 nitrogen and oxygen atoms in total. The van der Waals surface area contributed by atoms with Gasteiger partial charge in [-0.2, -0.15) is 0 Å². The van der Waals surface area contributed by atoms with Gasteiger partial charge in [0.15, 0.2) is 0 Å². The molecule has 0 bridgehead atoms. The molecule has 190 valence electrons. The lowest BCUT2D eigenvalue weighted by molar-refractivity contribution is -0.139. The molecule has 0 spiro atoms. The average molecular weight is 527 g/mol. The second-order valence-corrected chi connectivity index (χ2v) is 10.2. The van der Waals surface area contributed by atoms with Crippen molar-refractivity contribution >= 4 is 35.2 Å². The number of thioether (sulfide) groups is 1. The molecule has 2 amide bonds. The number of carbonyl (C=O) groups excluding carboxylic acids is 2. The van der Waals surface area contributed by atoms with E-state index in [1.807, 2.05) is 62.4 Å². The summed E-state index contributed by atoms with van der Waals surface area (Å²) in [6.07, 6.45) is 1.10. The monoisotopic (exact) mass is 526 g/mol. The predicted octanol–water partition coefficient (Wildman–Crippen LogP) is 6.27. The summed E-state index contributed by atoms with van der Waals surface area (Å²) in [6.45, 7) is 3.93. The van der Waals surface area contributed by atoms with Crippen LogP contribution in [0.5, 0.6) is 0 Å². The molecule has 0 fully saturated rings. The second-order valence-electron chi connectivity index (χ2n) is 8.76. The van der Waals surface area contributed by atoms with Gasteiger partial charge in [0.25, 0.3) is 0 Å². The number of benzene rings is 3. The molecule has 3 aromatic carbocycles. The first kappa shape index (κ1) is 27.8. The van der Waals surface area contributed by atoms with E-state index in [9.17, 15) is 14.0 Å². The number of rotatable bonds is 12. The van der Waals surface area contributed by atoms with Gasteiger partial charge in [0.1, 0.15) is 11.9 Å². The van der Waals surface area contributed by atoms with Gasteiger partial charge < -0.3 is 10.2 Å². The molecule has 0 aliphatic rings. The van der Waals surface area contributed by atoms with Crippen molar-refractivity contribution in [2.45, 2.75) is 51.1 Å². The number of hydrogen-bond acceptors (Lipinski definition) is 3. The molecular weight excluding hydrogens is 495 g/mol. The molecule has 0 saturated heterocycles. The number of halogens is 2. The van der Waals surface area contributed by atoms with E-state index in [0.717, 1.165) is 17.5 Å². The lowest BCUT2D eigenvalue weighted by Gasteiger charge is -2.32. The molecule has 7 heteroatoms. The van der Waals surface area contributed by atoms with E-state index in [2.05, 4.69) is 5.32 Å². The Morgan fingerprint density at radius 1 is 1.00 bits per heavy atom. The second kappa shape index (κ2) is 14.0. The summed E-state index contributed by atoms with van der Waals surface area (Å²) in [5.74, 6) is -0.101. The van der Waals surface area contributed by atoms with Crippen molar-refractivity contribution in [2.24, 2.45) is 0 Å². The minimum atomic E-state index is -0.778. The van der Waals surface area contributed by atoms with E-state index in [0.29, 0.717) is 22.8 Å². The zero-order valence-electron chi connectivity index (χ0n) is 20.6. The van der Waals surface area contributed by atoms with Crippen LogP contribution in [0.15, 0.2) is 78.9 Å². The predicted molar refractivity (Wildman–Crippen MR) is 146 cm³/mol. The van der Waals surface area contributed by atoms with Crippen LogP contribution in [0, 0.1) is 5.82 Å². The first-order valence-electron chi connectivity index (χ1n) is 12.1. The summed E-state index contributed by atoms with van der Waals surface area (Å²) in [7, 11) is 0. The highest BCUT2D eigenvalue weighted by atomic mass is 35.5. The van der Waals surface area contributed by atoms with E-state index in [1.165, 1.54) is 22.7 Å². The maximum absolute atomic E-state index is 14.6. The van der Waals surface area contributed by atoms with Crippen molar-refractivity contribution in [1.82, 2.24) is 10.2 Å². The Morgan fingerprint density at radius 2 is 1.69 bits per heavy atom. The highest BCUT2D eigenvalue weighted by Gasteiger charge is 2.31. The average Bonchev–Trinajstić information content (AvgIpc) is 2.87. The Bertz CT molecular complexity index is 1140. The molecule has 1 N–H and O–H groups in total. The zero-order valence-corrected chi connectivity index (χ0v) is 22.2. The number of nitrogens with zero attached hydrogens (tertiary/aromatic N) is 1. The summed E-state index contributed by atoms with van der Waals surface area (Å²) >= 11 is 7.53. The Hall–Kier alpha value is -2.83. The van der Waals surface area contributed by atoms with Gasteiger partial charge in [0.05, 0.1) is 5.75 Å². The van der Waals surface area contributed by atoms with E-state index in [1.54, 1.807) is 24.3 Å². The van der Waals surface area contributed by atoms with Crippen LogP contribution in [-0.2, 0) is 28.3 Å². The van der Waals surface area contributed by atoms with Crippen LogP contribution in [-0.4, -0.2) is 34.6 Å². The molecule has 0 radical (unpaired) electrons. The normalized spacial score (nSPS) is 12.6. The van der Waals surface area contributed by atoms with Crippen LogP contribution in [0.1, 0.15) is 37.0 Å². The molecule has 0 saturated carbocycles. The van der Waals surface area contributed by atoms with Gasteiger partial charge in [-0.25, -0.2) is 4.39 Å². The highest BCUT2D eigenvalue weighted by Crippen LogP contribution is 2.21. The first-order chi connectivity index (χ1) is 17.4. The van der Waals surface area contributed by atoms with E-state index in [4.69, 9.17) is 11.6 Å². The third-order valence-corrected chi connectivity index (χ3v) is 7.18. The molecule has 2 atom stereocenters. The van der Waals surface area contributed by atoms with Crippen molar-refractivity contribution < 1.29 is 14.0 Å². The van der Waals surface area contributed by atoms with E-state index >= 15 is 0 Å². The van der Waals surface area contributed by atoms with Crippen LogP contribution in [0.25, 0.3) is 0 Å². The van der Waals surface area contributed by atoms with Crippen molar-refractivity contribution in [1.29, 1.82) is 0 Å². The summed E-state index contributed by atoms with van der Waals surface area (Å²) in [5, 5.41) is 3.67. The fourth-order valence-electron chi connectivity index (χ4n) is 3.77. The van der Waals surface area contributed by atoms with Gasteiger partial charge in [0, 0.05) is 35.3 Å². The van der Waals surface area contributed by atoms with Gasteiger partial charge in [-0.1, -0.05) is 79.2 Å². The molecular formula is C29H32ClFN2O2S. The summed E-state index contributed by atoms with van der Waals surface area (Å²) < 4.78 is 14.6. The first-order valence-corrected chi connectivity index (χ1v) is 13.6. The molecule has 3 aromatic rings. The Balaban J connectivity index is 1.86. The quantitative estimate of drug-likeness (QED) is 0.303. The number of amides is 2. The van der Waals surface area contributed by atoms with Crippen LogP contribution in [0.3, 0.4) is 0 Å². The fourth-order valence-corrected chi connectivity index (χ4v) is 4.84. The number of hydrogen-bond donors (Lipinski definition) is 1. The summed E-state index contributed by atoms with van der Waals surface area (Å²) in [4.78, 5) is 28.6. The molecule has 0 heterocycles. The van der Waals surface area contributed by atoms with Crippen molar-refractivity contribution in [3.05, 3.63) is 106 Å². The molecule has 0 aliphatic heterocycles. The Morgan fingerprint density at radius 3 is 2.39 bits per heavy atom. The van der Waals surface area contributed by atoms with Gasteiger partial charge in [-0.15, -0.1) is 11.8 Å². The van der Waals surface area contributed by atoms with E-state index in [-0.39, 0.29) is 30.2 Å². The van der Waals surface area contributed by atoms with E-state index < -0.39 is 11.9 Å². The van der Waals surface area contributed by atoms with Crippen molar-refractivity contribution in [2.75, 3.05) is 5.75 Å². The van der Waals surface area contributed by atoms with Crippen LogP contribution in [0.2, 0.25) is 5.02 Å². The Labute approximate surface area is 222 Å². The largest absolute Gasteiger partial charge is 0.352 e. The lowest BCUT2D eigenvalue weighted by Crippen LogP contribution is -2.52. The minimum Gasteiger partial charge on any atom is -0.352 e. The van der Waals surface area contributed by atoms with Crippen LogP contribution >= 0.6 is 23.4 Å². The maximum Gasteiger partial charge on any atom is 0.243 e. The van der Waals surface area contributed by atoms with Crippen LogP contribution in [0.4, 0.5) is 4.39 Å². The third kappa shape index (κ3) is 8.38. The third-order valence-electron chi connectivity index (χ3n) is 5.95. The molecule has 3 rings (SSSR count). The highest BCUT2D eigenvalue weighted by molar-refractivity contribution is 7.99.